The van der Waals surface area contributed by atoms with Gasteiger partial charge >= 0.3 is 0 Å². The van der Waals surface area contributed by atoms with Crippen LogP contribution in [0.15, 0.2) is 239 Å². The van der Waals surface area contributed by atoms with Gasteiger partial charge in [0.15, 0.2) is 0 Å². The molecule has 13 heterocycles. The molecule has 0 fully saturated rings. The molecule has 0 unspecified atom stereocenters. The molecule has 0 N–H and O–H groups in total. The zero-order valence-electron chi connectivity index (χ0n) is 83.1. The zero-order valence-corrected chi connectivity index (χ0v) is 83.9. The van der Waals surface area contributed by atoms with Crippen LogP contribution < -0.4 is 0 Å². The number of thioether (sulfide) groups is 1. The molecule has 0 spiro atoms. The van der Waals surface area contributed by atoms with Crippen LogP contribution in [0, 0.1) is 83.1 Å². The number of aromatic nitrogens is 26. The van der Waals surface area contributed by atoms with Crippen molar-refractivity contribution in [3.63, 3.8) is 0 Å². The Morgan fingerprint density at radius 3 is 0.943 bits per heavy atom. The van der Waals surface area contributed by atoms with Gasteiger partial charge in [-0.1, -0.05) is 218 Å². The molecule has 27 heteroatoms. The van der Waals surface area contributed by atoms with Gasteiger partial charge in [-0.25, -0.2) is 59.8 Å². The Morgan fingerprint density at radius 1 is 0.213 bits per heavy atom. The van der Waals surface area contributed by atoms with Crippen molar-refractivity contribution >= 4 is 11.8 Å². The fourth-order valence-corrected chi connectivity index (χ4v) is 6.64. The van der Waals surface area contributed by atoms with E-state index in [0.29, 0.717) is 5.82 Å². The maximum Gasteiger partial charge on any atom is 0.147 e. The third-order valence-electron chi connectivity index (χ3n) is 10.2. The average molecular weight is 1700 g/mol. The SMILES string of the molecule is CC.CC.CC.CC.CC.CC.CC.CC.CC.CC.CC.CC.CC.CC.Cc1cccnc1.Cc1cccnn1.Cc1ccncc1.Cc1ccncn1.Cc1ccnnc1.Cc1cnccn1.Cc1cncnc1.Cc1cncnn1.Cc1cnncn1.Cc1ncccn1.Cc1nccnn1.Cc1ncncn1.c1ccc2c(c1)CCCS2. The lowest BCUT2D eigenvalue weighted by Gasteiger charge is -2.13. The highest BCUT2D eigenvalue weighted by molar-refractivity contribution is 7.99. The van der Waals surface area contributed by atoms with Crippen LogP contribution in [0.3, 0.4) is 0 Å². The van der Waals surface area contributed by atoms with Crippen molar-refractivity contribution in [2.45, 2.75) is 295 Å². The lowest BCUT2D eigenvalue weighted by molar-refractivity contribution is 0.890. The molecule has 13 aromatic rings. The summed E-state index contributed by atoms with van der Waals surface area (Å²) < 4.78 is 0. The van der Waals surface area contributed by atoms with Gasteiger partial charge in [-0.3, -0.25) is 19.9 Å². The van der Waals surface area contributed by atoms with Crippen molar-refractivity contribution in [2.75, 3.05) is 5.75 Å². The summed E-state index contributed by atoms with van der Waals surface area (Å²) in [7, 11) is 0. The molecule has 0 saturated heterocycles. The van der Waals surface area contributed by atoms with Gasteiger partial charge in [0.25, 0.3) is 0 Å². The number of nitrogens with zero attached hydrogens (tertiary/aromatic N) is 26. The molecule has 1 aliphatic heterocycles. The number of hydrogen-bond donors (Lipinski definition) is 0. The van der Waals surface area contributed by atoms with E-state index in [-0.39, 0.29) is 0 Å². The number of benzene rings is 1. The first-order chi connectivity index (χ1) is 59.7. The third kappa shape index (κ3) is 119. The normalized spacial score (nSPS) is 8.03. The average Bonchev–Trinajstić information content (AvgIpc) is 0.871. The molecule has 0 amide bonds. The molecule has 1 aromatic carbocycles. The van der Waals surface area contributed by atoms with Gasteiger partial charge in [-0.05, 0) is 184 Å². The van der Waals surface area contributed by atoms with Crippen LogP contribution >= 0.6 is 11.8 Å². The first-order valence-corrected chi connectivity index (χ1v) is 43.9. The molecule has 1 aliphatic rings. The van der Waals surface area contributed by atoms with Crippen LogP contribution in [0.2, 0.25) is 0 Å². The number of rotatable bonds is 0. The van der Waals surface area contributed by atoms with Crippen molar-refractivity contribution in [3.8, 4) is 0 Å². The number of hydrogen-bond acceptors (Lipinski definition) is 27. The van der Waals surface area contributed by atoms with Crippen molar-refractivity contribution in [1.82, 2.24) is 131 Å². The van der Waals surface area contributed by atoms with E-state index in [1.165, 1.54) is 72.6 Å². The predicted octanol–water partition coefficient (Wildman–Crippen LogP) is 25.3. The molecular weight excluding hydrogens is 1540 g/mol. The van der Waals surface area contributed by atoms with Gasteiger partial charge in [-0.15, -0.1) is 27.1 Å². The van der Waals surface area contributed by atoms with Crippen LogP contribution in [0.1, 0.15) is 274 Å². The minimum atomic E-state index is 0.711. The van der Waals surface area contributed by atoms with Crippen molar-refractivity contribution in [1.29, 1.82) is 0 Å². The quantitative estimate of drug-likeness (QED) is 0.136. The van der Waals surface area contributed by atoms with Crippen LogP contribution in [0.4, 0.5) is 0 Å². The van der Waals surface area contributed by atoms with Crippen molar-refractivity contribution < 1.29 is 0 Å². The minimum Gasteiger partial charge on any atom is -0.265 e. The fourth-order valence-electron chi connectivity index (χ4n) is 5.60. The molecule has 122 heavy (non-hydrogen) atoms. The summed E-state index contributed by atoms with van der Waals surface area (Å²) in [6.07, 6.45) is 43.9. The van der Waals surface area contributed by atoms with Crippen LogP contribution in [0.5, 0.6) is 0 Å². The summed E-state index contributed by atoms with van der Waals surface area (Å²) in [4.78, 5) is 62.3. The van der Waals surface area contributed by atoms with E-state index in [2.05, 4.69) is 155 Å². The molecule has 26 nitrogen and oxygen atoms in total. The summed E-state index contributed by atoms with van der Waals surface area (Å²) in [6.45, 7) is 79.0. The number of aryl methyl sites for hydroxylation is 13. The van der Waals surface area contributed by atoms with E-state index in [1.54, 1.807) is 130 Å². The Morgan fingerprint density at radius 2 is 0.672 bits per heavy atom. The second-order valence-corrected chi connectivity index (χ2v) is 19.8. The molecule has 0 radical (unpaired) electrons. The standard InChI is InChI=1S/C9H10S.2C6H7N.6C5H6N2.4C4H5N3.14C2H6/c1-2-6-9-8(4-1)5-3-7-10-9;1-6-2-4-7-5-3-6;1-6-3-2-4-7-5-6;1-5-2-6-4-7-3-5;1-5-4-6-2-3-7-5;1-5-2-3-6-4-7-5;1-5-2-3-6-7-4-5;1-5-6-3-2-4-7-5;1-5-3-2-4-6-7-5;1-4-6-2-5-3-7-4;1-4-2-6-7-3-5-4;1-4-2-5-3-6-7-4;1-4-5-2-3-6-7-4;14*1-2/h1-2,4,6H,3,5,7H2;2*2-5H,1H3;6*2-4H,1H3;4*2-3H,1H3;14*1-2H3. The summed E-state index contributed by atoms with van der Waals surface area (Å²) in [5.41, 5.74) is 10.9. The smallest absolute Gasteiger partial charge is 0.147 e. The minimum absolute atomic E-state index is 0.711. The van der Waals surface area contributed by atoms with Crippen molar-refractivity contribution in [2.24, 2.45) is 0 Å². The van der Waals surface area contributed by atoms with Gasteiger partial charge in [-0.2, -0.15) is 35.7 Å². The van der Waals surface area contributed by atoms with Gasteiger partial charge in [0, 0.05) is 104 Å². The summed E-state index contributed by atoms with van der Waals surface area (Å²) >= 11 is 1.99. The van der Waals surface area contributed by atoms with Crippen LogP contribution in [-0.4, -0.2) is 136 Å². The Hall–Kier alpha value is -11.6. The maximum atomic E-state index is 3.92. The lowest BCUT2D eigenvalue weighted by Crippen LogP contribution is -1.96. The monoisotopic (exact) mass is 1700 g/mol. The molecular formula is C95H164N26S. The van der Waals surface area contributed by atoms with Gasteiger partial charge < -0.3 is 0 Å². The Balaban J connectivity index is -0.0000000937. The summed E-state index contributed by atoms with van der Waals surface area (Å²) in [5, 5.41) is 36.0. The lowest BCUT2D eigenvalue weighted by atomic mass is 10.1. The van der Waals surface area contributed by atoms with Gasteiger partial charge in [0.1, 0.15) is 55.4 Å². The Kier molecular flexibility index (Phi) is 152. The van der Waals surface area contributed by atoms with Gasteiger partial charge in [0.05, 0.1) is 47.6 Å². The molecule has 0 saturated carbocycles. The second-order valence-electron chi connectivity index (χ2n) is 18.7. The highest BCUT2D eigenvalue weighted by Gasteiger charge is 2.06. The van der Waals surface area contributed by atoms with E-state index >= 15 is 0 Å². The topological polar surface area (TPSA) is 335 Å². The molecule has 0 atom stereocenters. The summed E-state index contributed by atoms with van der Waals surface area (Å²) in [6, 6.07) is 25.9. The van der Waals surface area contributed by atoms with E-state index < -0.39 is 0 Å². The Labute approximate surface area is 747 Å². The number of pyridine rings is 2. The third-order valence-corrected chi connectivity index (χ3v) is 11.4. The van der Waals surface area contributed by atoms with E-state index in [1.807, 2.05) is 337 Å². The van der Waals surface area contributed by atoms with E-state index in [4.69, 9.17) is 0 Å². The second kappa shape index (κ2) is 133. The van der Waals surface area contributed by atoms with E-state index in [9.17, 15) is 0 Å². The highest BCUT2D eigenvalue weighted by atomic mass is 32.2. The first kappa shape index (κ1) is 139. The van der Waals surface area contributed by atoms with Crippen LogP contribution in [-0.2, 0) is 6.42 Å². The molecule has 14 rings (SSSR count). The van der Waals surface area contributed by atoms with Gasteiger partial charge in [0.2, 0.25) is 0 Å². The van der Waals surface area contributed by atoms with Crippen LogP contribution in [0.25, 0.3) is 0 Å². The number of fused-ring (bicyclic) bond motifs is 1. The summed E-state index contributed by atoms with van der Waals surface area (Å²) in [5.74, 6) is 3.59. The van der Waals surface area contributed by atoms with E-state index in [0.717, 1.165) is 51.2 Å². The maximum absolute atomic E-state index is 3.92. The largest absolute Gasteiger partial charge is 0.265 e. The predicted molar refractivity (Wildman–Crippen MR) is 521 cm³/mol. The molecule has 680 valence electrons. The first-order valence-electron chi connectivity index (χ1n) is 42.9. The zero-order chi connectivity index (χ0) is 96.2. The highest BCUT2D eigenvalue weighted by Crippen LogP contribution is 2.29. The molecule has 0 bridgehead atoms. The Bertz CT molecular complexity index is 2910. The fraction of sp³-hybridized carbons (Fsp3) is 0.453. The molecule has 12 aromatic heterocycles. The molecule has 0 aliphatic carbocycles. The van der Waals surface area contributed by atoms with Crippen molar-refractivity contribution in [3.05, 3.63) is 308 Å².